The molecular weight excluding hydrogens is 274 g/mol. The first-order valence-corrected chi connectivity index (χ1v) is 6.97. The third-order valence-corrected chi connectivity index (χ3v) is 2.99. The lowest BCUT2D eigenvalue weighted by Crippen LogP contribution is -2.38. The van der Waals surface area contributed by atoms with E-state index in [9.17, 15) is 5.11 Å². The molecule has 0 saturated carbocycles. The average Bonchev–Trinajstić information content (AvgIpc) is 2.53. The van der Waals surface area contributed by atoms with E-state index in [1.165, 1.54) is 0 Å². The molecule has 0 aliphatic carbocycles. The second-order valence-corrected chi connectivity index (χ2v) is 4.51. The minimum Gasteiger partial charge on any atom is -0.493 e. The number of aliphatic hydroxyl groups is 1. The first kappa shape index (κ1) is 17.4. The summed E-state index contributed by atoms with van der Waals surface area (Å²) in [6.45, 7) is 3.28. The molecule has 0 fully saturated rings. The van der Waals surface area contributed by atoms with Gasteiger partial charge in [-0.25, -0.2) is 0 Å². The van der Waals surface area contributed by atoms with Crippen LogP contribution in [-0.2, 0) is 0 Å². The summed E-state index contributed by atoms with van der Waals surface area (Å²) in [5, 5.41) is 12.5. The van der Waals surface area contributed by atoms with Crippen molar-refractivity contribution in [1.29, 1.82) is 0 Å². The number of methoxy groups -OCH3 is 3. The fourth-order valence-electron chi connectivity index (χ4n) is 1.86. The third-order valence-electron chi connectivity index (χ3n) is 2.99. The van der Waals surface area contributed by atoms with Crippen molar-refractivity contribution in [3.63, 3.8) is 0 Å². The van der Waals surface area contributed by atoms with E-state index < -0.39 is 0 Å². The first-order chi connectivity index (χ1) is 10.2. The Labute approximate surface area is 126 Å². The van der Waals surface area contributed by atoms with Gasteiger partial charge in [-0.2, -0.15) is 0 Å². The first-order valence-electron chi connectivity index (χ1n) is 6.97. The van der Waals surface area contributed by atoms with Gasteiger partial charge in [-0.3, -0.25) is 0 Å². The van der Waals surface area contributed by atoms with Gasteiger partial charge in [0.25, 0.3) is 0 Å². The minimum atomic E-state index is -0.107. The Morgan fingerprint density at radius 2 is 1.71 bits per heavy atom. The van der Waals surface area contributed by atoms with Gasteiger partial charge in [-0.15, -0.1) is 0 Å². The summed E-state index contributed by atoms with van der Waals surface area (Å²) in [5.74, 6) is 2.19. The summed E-state index contributed by atoms with van der Waals surface area (Å²) in [4.78, 5) is 0. The molecule has 1 aromatic carbocycles. The number of ether oxygens (including phenoxy) is 4. The molecule has 1 aromatic rings. The van der Waals surface area contributed by atoms with E-state index in [4.69, 9.17) is 18.9 Å². The predicted molar refractivity (Wildman–Crippen MR) is 80.8 cm³/mol. The van der Waals surface area contributed by atoms with Crippen molar-refractivity contribution in [3.05, 3.63) is 12.1 Å². The van der Waals surface area contributed by atoms with Gasteiger partial charge < -0.3 is 29.4 Å². The van der Waals surface area contributed by atoms with E-state index in [0.29, 0.717) is 29.6 Å². The zero-order valence-electron chi connectivity index (χ0n) is 13.1. The summed E-state index contributed by atoms with van der Waals surface area (Å²) < 4.78 is 21.5. The summed E-state index contributed by atoms with van der Waals surface area (Å²) >= 11 is 0. The lowest BCUT2D eigenvalue weighted by atomic mass is 10.2. The van der Waals surface area contributed by atoms with Crippen LogP contribution in [0.4, 0.5) is 0 Å². The van der Waals surface area contributed by atoms with Crippen LogP contribution < -0.4 is 24.3 Å². The van der Waals surface area contributed by atoms with Crippen molar-refractivity contribution in [2.75, 3.05) is 41.1 Å². The number of aliphatic hydroxyl groups excluding tert-OH is 1. The monoisotopic (exact) mass is 299 g/mol. The van der Waals surface area contributed by atoms with Gasteiger partial charge in [-0.05, 0) is 13.0 Å². The van der Waals surface area contributed by atoms with Gasteiger partial charge in [0.1, 0.15) is 12.4 Å². The van der Waals surface area contributed by atoms with Crippen molar-refractivity contribution in [2.45, 2.75) is 19.4 Å². The highest BCUT2D eigenvalue weighted by Crippen LogP contribution is 2.40. The molecule has 0 saturated heterocycles. The second kappa shape index (κ2) is 9.31. The van der Waals surface area contributed by atoms with Crippen LogP contribution in [0, 0.1) is 0 Å². The Morgan fingerprint density at radius 3 is 2.14 bits per heavy atom. The summed E-state index contributed by atoms with van der Waals surface area (Å²) in [7, 11) is 4.66. The maximum Gasteiger partial charge on any atom is 0.203 e. The maximum absolute atomic E-state index is 9.30. The normalized spacial score (nSPS) is 11.9. The van der Waals surface area contributed by atoms with Crippen LogP contribution in [0.3, 0.4) is 0 Å². The van der Waals surface area contributed by atoms with Crippen LogP contribution in [0.25, 0.3) is 0 Å². The van der Waals surface area contributed by atoms with Crippen LogP contribution in [0.15, 0.2) is 12.1 Å². The molecule has 1 atom stereocenters. The molecule has 0 bridgehead atoms. The number of hydrogen-bond donors (Lipinski definition) is 2. The zero-order chi connectivity index (χ0) is 15.7. The van der Waals surface area contributed by atoms with Crippen LogP contribution >= 0.6 is 0 Å². The standard InChI is InChI=1S/C15H25NO5/c1-5-6-16-11(9-17)10-21-12-7-13(18-2)15(20-4)14(8-12)19-3/h7-8,11,16-17H,5-6,9-10H2,1-4H3. The summed E-state index contributed by atoms with van der Waals surface area (Å²) in [6.07, 6.45) is 1.00. The quantitative estimate of drug-likeness (QED) is 0.681. The minimum absolute atomic E-state index is 0.0183. The lowest BCUT2D eigenvalue weighted by molar-refractivity contribution is 0.182. The molecule has 0 spiro atoms. The van der Waals surface area contributed by atoms with Gasteiger partial charge in [-0.1, -0.05) is 6.92 Å². The summed E-state index contributed by atoms with van der Waals surface area (Å²) in [5.41, 5.74) is 0. The summed E-state index contributed by atoms with van der Waals surface area (Å²) in [6, 6.07) is 3.36. The van der Waals surface area contributed by atoms with E-state index in [1.54, 1.807) is 33.5 Å². The van der Waals surface area contributed by atoms with E-state index in [0.717, 1.165) is 13.0 Å². The van der Waals surface area contributed by atoms with Crippen molar-refractivity contribution in [3.8, 4) is 23.0 Å². The van der Waals surface area contributed by atoms with Gasteiger partial charge >= 0.3 is 0 Å². The van der Waals surface area contributed by atoms with Gasteiger partial charge in [0.05, 0.1) is 34.0 Å². The molecule has 21 heavy (non-hydrogen) atoms. The molecule has 0 aliphatic rings. The van der Waals surface area contributed by atoms with E-state index in [-0.39, 0.29) is 12.6 Å². The average molecular weight is 299 g/mol. The van der Waals surface area contributed by atoms with Crippen molar-refractivity contribution < 1.29 is 24.1 Å². The van der Waals surface area contributed by atoms with E-state index in [1.807, 2.05) is 0 Å². The van der Waals surface area contributed by atoms with E-state index in [2.05, 4.69) is 12.2 Å². The molecule has 1 unspecified atom stereocenters. The molecule has 1 rings (SSSR count). The van der Waals surface area contributed by atoms with Gasteiger partial charge in [0.2, 0.25) is 5.75 Å². The molecule has 0 amide bonds. The smallest absolute Gasteiger partial charge is 0.203 e. The van der Waals surface area contributed by atoms with Gasteiger partial charge in [0, 0.05) is 12.1 Å². The Morgan fingerprint density at radius 1 is 1.10 bits per heavy atom. The van der Waals surface area contributed by atoms with Crippen molar-refractivity contribution >= 4 is 0 Å². The molecule has 2 N–H and O–H groups in total. The number of hydrogen-bond acceptors (Lipinski definition) is 6. The Hall–Kier alpha value is -1.66. The molecule has 120 valence electrons. The fraction of sp³-hybridized carbons (Fsp3) is 0.600. The lowest BCUT2D eigenvalue weighted by Gasteiger charge is -2.18. The zero-order valence-corrected chi connectivity index (χ0v) is 13.1. The van der Waals surface area contributed by atoms with Crippen LogP contribution in [-0.4, -0.2) is 52.2 Å². The number of nitrogens with one attached hydrogen (secondary N) is 1. The second-order valence-electron chi connectivity index (χ2n) is 4.51. The van der Waals surface area contributed by atoms with Crippen LogP contribution in [0.5, 0.6) is 23.0 Å². The van der Waals surface area contributed by atoms with Crippen molar-refractivity contribution in [1.82, 2.24) is 5.32 Å². The third kappa shape index (κ3) is 4.99. The Balaban J connectivity index is 2.78. The highest BCUT2D eigenvalue weighted by Gasteiger charge is 2.15. The van der Waals surface area contributed by atoms with Crippen LogP contribution in [0.1, 0.15) is 13.3 Å². The van der Waals surface area contributed by atoms with Crippen molar-refractivity contribution in [2.24, 2.45) is 0 Å². The molecule has 0 radical (unpaired) electrons. The van der Waals surface area contributed by atoms with Gasteiger partial charge in [0.15, 0.2) is 11.5 Å². The molecule has 0 aliphatic heterocycles. The Bertz CT molecular complexity index is 400. The van der Waals surface area contributed by atoms with Crippen LogP contribution in [0.2, 0.25) is 0 Å². The molecule has 0 aromatic heterocycles. The topological polar surface area (TPSA) is 69.2 Å². The Kier molecular flexibility index (Phi) is 7.71. The molecule has 6 heteroatoms. The SMILES string of the molecule is CCCNC(CO)COc1cc(OC)c(OC)c(OC)c1. The largest absolute Gasteiger partial charge is 0.493 e. The molecule has 6 nitrogen and oxygen atoms in total. The number of benzene rings is 1. The molecular formula is C15H25NO5. The maximum atomic E-state index is 9.30. The highest BCUT2D eigenvalue weighted by atomic mass is 16.5. The molecule has 0 heterocycles. The predicted octanol–water partition coefficient (Wildman–Crippen LogP) is 1.45. The highest BCUT2D eigenvalue weighted by molar-refractivity contribution is 5.55. The number of rotatable bonds is 10. The van der Waals surface area contributed by atoms with E-state index >= 15 is 0 Å². The fourth-order valence-corrected chi connectivity index (χ4v) is 1.86.